The quantitative estimate of drug-likeness (QED) is 0.277. The Morgan fingerprint density at radius 1 is 1.14 bits per heavy atom. The Kier molecular flexibility index (Phi) is 7.24. The van der Waals surface area contributed by atoms with Crippen LogP contribution < -0.4 is 15.8 Å². The summed E-state index contributed by atoms with van der Waals surface area (Å²) in [6.07, 6.45) is 5.11. The van der Waals surface area contributed by atoms with Gasteiger partial charge in [-0.1, -0.05) is 50.1 Å². The lowest BCUT2D eigenvalue weighted by Crippen LogP contribution is -2.20. The molecule has 2 heterocycles. The number of carbonyl (C=O) groups is 2. The first-order valence-corrected chi connectivity index (χ1v) is 13.7. The van der Waals surface area contributed by atoms with Crippen molar-refractivity contribution in [2.45, 2.75) is 46.0 Å². The van der Waals surface area contributed by atoms with E-state index in [1.807, 2.05) is 55.5 Å². The average molecular weight is 514 g/mol. The lowest BCUT2D eigenvalue weighted by Gasteiger charge is -2.21. The molecule has 6 nitrogen and oxygen atoms in total. The number of hydrogen-bond acceptors (Lipinski definition) is 5. The summed E-state index contributed by atoms with van der Waals surface area (Å²) in [4.78, 5) is 32.2. The van der Waals surface area contributed by atoms with Crippen molar-refractivity contribution in [2.24, 2.45) is 11.7 Å². The van der Waals surface area contributed by atoms with Gasteiger partial charge in [0.15, 0.2) is 0 Å². The number of nitrogens with zero attached hydrogens (tertiary/aromatic N) is 1. The van der Waals surface area contributed by atoms with Gasteiger partial charge in [-0.15, -0.1) is 11.3 Å². The van der Waals surface area contributed by atoms with E-state index in [1.54, 1.807) is 6.07 Å². The monoisotopic (exact) mass is 513 g/mol. The van der Waals surface area contributed by atoms with E-state index in [1.165, 1.54) is 22.6 Å². The highest BCUT2D eigenvalue weighted by atomic mass is 32.1. The zero-order valence-corrected chi connectivity index (χ0v) is 22.0. The summed E-state index contributed by atoms with van der Waals surface area (Å²) in [6, 6.07) is 17.1. The summed E-state index contributed by atoms with van der Waals surface area (Å²) >= 11 is 1.49. The minimum Gasteiger partial charge on any atom is -0.494 e. The number of hydrogen-bond donors (Lipinski definition) is 2. The molecule has 2 aromatic heterocycles. The highest BCUT2D eigenvalue weighted by molar-refractivity contribution is 7.17. The molecule has 1 aliphatic rings. The number of fused-ring (bicyclic) bond motifs is 2. The normalized spacial score (nSPS) is 14.8. The summed E-state index contributed by atoms with van der Waals surface area (Å²) in [7, 11) is 0. The lowest BCUT2D eigenvalue weighted by molar-refractivity contribution is 0.1000. The number of nitrogens with two attached hydrogens (primary N) is 1. The van der Waals surface area contributed by atoms with E-state index in [2.05, 4.69) is 12.2 Å². The van der Waals surface area contributed by atoms with Crippen LogP contribution in [0.2, 0.25) is 0 Å². The molecule has 5 rings (SSSR count). The van der Waals surface area contributed by atoms with Gasteiger partial charge in [0.25, 0.3) is 11.8 Å². The number of anilines is 1. The van der Waals surface area contributed by atoms with Gasteiger partial charge in [0.1, 0.15) is 10.8 Å². The summed E-state index contributed by atoms with van der Waals surface area (Å²) in [5, 5.41) is 4.33. The summed E-state index contributed by atoms with van der Waals surface area (Å²) in [5.74, 6) is 0.582. The molecular weight excluding hydrogens is 482 g/mol. The number of rotatable bonds is 8. The second kappa shape index (κ2) is 10.7. The predicted octanol–water partition coefficient (Wildman–Crippen LogP) is 6.62. The minimum absolute atomic E-state index is 0.285. The first-order chi connectivity index (χ1) is 18.0. The number of benzene rings is 2. The van der Waals surface area contributed by atoms with Gasteiger partial charge in [-0.25, -0.2) is 4.98 Å². The molecule has 1 atom stereocenters. The van der Waals surface area contributed by atoms with Gasteiger partial charge in [-0.2, -0.15) is 0 Å². The molecule has 0 radical (unpaired) electrons. The van der Waals surface area contributed by atoms with Crippen LogP contribution in [-0.2, 0) is 12.8 Å². The van der Waals surface area contributed by atoms with E-state index in [0.29, 0.717) is 34.3 Å². The third-order valence-corrected chi connectivity index (χ3v) is 8.11. The molecule has 190 valence electrons. The van der Waals surface area contributed by atoms with Crippen LogP contribution in [0.5, 0.6) is 5.75 Å². The highest BCUT2D eigenvalue weighted by Gasteiger charge is 2.29. The van der Waals surface area contributed by atoms with E-state index in [0.717, 1.165) is 53.5 Å². The Bertz CT molecular complexity index is 1480. The molecule has 0 aliphatic heterocycles. The van der Waals surface area contributed by atoms with Crippen LogP contribution in [0.3, 0.4) is 0 Å². The number of aromatic nitrogens is 1. The first kappa shape index (κ1) is 25.0. The number of primary amides is 1. The Morgan fingerprint density at radius 3 is 2.76 bits per heavy atom. The number of pyridine rings is 1. The molecule has 4 aromatic rings. The molecule has 0 saturated heterocycles. The highest BCUT2D eigenvalue weighted by Crippen LogP contribution is 2.41. The van der Waals surface area contributed by atoms with Crippen LogP contribution in [0.4, 0.5) is 5.00 Å². The molecule has 0 spiro atoms. The Balaban J connectivity index is 1.53. The minimum atomic E-state index is -0.491. The molecule has 0 fully saturated rings. The van der Waals surface area contributed by atoms with Gasteiger partial charge in [0.2, 0.25) is 0 Å². The van der Waals surface area contributed by atoms with Crippen LogP contribution in [0.15, 0.2) is 54.6 Å². The summed E-state index contributed by atoms with van der Waals surface area (Å²) < 4.78 is 5.66. The molecular formula is C30H31N3O3S. The van der Waals surface area contributed by atoms with E-state index >= 15 is 0 Å². The van der Waals surface area contributed by atoms with Crippen molar-refractivity contribution in [3.05, 3.63) is 76.2 Å². The Hall–Kier alpha value is -3.71. The molecule has 37 heavy (non-hydrogen) atoms. The number of ether oxygens (including phenoxy) is 1. The fraction of sp³-hybridized carbons (Fsp3) is 0.300. The van der Waals surface area contributed by atoms with Crippen LogP contribution in [0.25, 0.3) is 22.2 Å². The second-order valence-corrected chi connectivity index (χ2v) is 10.6. The maximum atomic E-state index is 13.7. The van der Waals surface area contributed by atoms with Gasteiger partial charge in [-0.3, -0.25) is 9.59 Å². The smallest absolute Gasteiger partial charge is 0.257 e. The zero-order chi connectivity index (χ0) is 25.9. The number of amides is 2. The fourth-order valence-corrected chi connectivity index (χ4v) is 6.61. The summed E-state index contributed by atoms with van der Waals surface area (Å²) in [5.41, 5.74) is 10.0. The molecule has 0 unspecified atom stereocenters. The van der Waals surface area contributed by atoms with Crippen molar-refractivity contribution in [1.82, 2.24) is 4.98 Å². The largest absolute Gasteiger partial charge is 0.494 e. The van der Waals surface area contributed by atoms with Crippen molar-refractivity contribution in [3.63, 3.8) is 0 Å². The molecule has 2 aromatic carbocycles. The van der Waals surface area contributed by atoms with Crippen molar-refractivity contribution < 1.29 is 14.3 Å². The lowest BCUT2D eigenvalue weighted by atomic mass is 9.84. The van der Waals surface area contributed by atoms with Crippen molar-refractivity contribution in [1.29, 1.82) is 0 Å². The van der Waals surface area contributed by atoms with Crippen molar-refractivity contribution >= 4 is 39.1 Å². The maximum Gasteiger partial charge on any atom is 0.257 e. The van der Waals surface area contributed by atoms with Gasteiger partial charge in [-0.05, 0) is 61.9 Å². The van der Waals surface area contributed by atoms with Crippen molar-refractivity contribution in [2.75, 3.05) is 11.9 Å². The molecule has 0 bridgehead atoms. The van der Waals surface area contributed by atoms with E-state index < -0.39 is 5.91 Å². The van der Waals surface area contributed by atoms with Crippen LogP contribution >= 0.6 is 11.3 Å². The Labute approximate surface area is 220 Å². The molecule has 0 saturated carbocycles. The zero-order valence-electron chi connectivity index (χ0n) is 21.2. The van der Waals surface area contributed by atoms with Gasteiger partial charge in [0, 0.05) is 15.8 Å². The molecule has 7 heteroatoms. The van der Waals surface area contributed by atoms with Gasteiger partial charge < -0.3 is 15.8 Å². The maximum absolute atomic E-state index is 13.7. The van der Waals surface area contributed by atoms with Gasteiger partial charge in [0.05, 0.1) is 28.9 Å². The topological polar surface area (TPSA) is 94.3 Å². The SMILES string of the molecule is CCC[C@@H]1CCc2c(sc(NC(=O)c3cc(-c4cccc(OCC)c4)nc4ccccc34)c2C(N)=O)C1. The number of thiophene rings is 1. The molecule has 3 N–H and O–H groups in total. The molecule has 2 amide bonds. The standard InChI is InChI=1S/C30H31N3O3S/c1-3-8-18-13-14-22-26(15-18)37-30(27(22)28(31)34)33-29(35)23-17-25(32-24-12-6-5-11-21(23)24)19-9-7-10-20(16-19)36-4-2/h5-7,9-12,16-18H,3-4,8,13-15H2,1-2H3,(H2,31,34)(H,33,35)/t18-/m1/s1. The number of nitrogens with one attached hydrogen (secondary N) is 1. The fourth-order valence-electron chi connectivity index (χ4n) is 5.25. The average Bonchev–Trinajstić information content (AvgIpc) is 3.25. The predicted molar refractivity (Wildman–Crippen MR) is 150 cm³/mol. The number of carbonyl (C=O) groups excluding carboxylic acids is 2. The van der Waals surface area contributed by atoms with E-state index in [4.69, 9.17) is 15.5 Å². The van der Waals surface area contributed by atoms with E-state index in [-0.39, 0.29) is 5.91 Å². The van der Waals surface area contributed by atoms with Crippen molar-refractivity contribution in [3.8, 4) is 17.0 Å². The second-order valence-electron chi connectivity index (χ2n) is 9.46. The van der Waals surface area contributed by atoms with Crippen LogP contribution in [0.1, 0.15) is 64.3 Å². The Morgan fingerprint density at radius 2 is 1.97 bits per heavy atom. The van der Waals surface area contributed by atoms with Gasteiger partial charge >= 0.3 is 0 Å². The summed E-state index contributed by atoms with van der Waals surface area (Å²) in [6.45, 7) is 4.70. The third kappa shape index (κ3) is 5.09. The number of para-hydroxylation sites is 1. The van der Waals surface area contributed by atoms with Crippen LogP contribution in [0, 0.1) is 5.92 Å². The van der Waals surface area contributed by atoms with Crippen LogP contribution in [-0.4, -0.2) is 23.4 Å². The molecule has 1 aliphatic carbocycles. The first-order valence-electron chi connectivity index (χ1n) is 12.9. The third-order valence-electron chi connectivity index (χ3n) is 6.94. The van der Waals surface area contributed by atoms with E-state index in [9.17, 15) is 9.59 Å².